The van der Waals surface area contributed by atoms with Gasteiger partial charge in [0, 0.05) is 18.2 Å². The smallest absolute Gasteiger partial charge is 0.220 e. The summed E-state index contributed by atoms with van der Waals surface area (Å²) >= 11 is 0. The molecule has 0 fully saturated rings. The number of carbonyl (C=O) groups is 1. The van der Waals surface area contributed by atoms with Crippen LogP contribution in [0, 0.1) is 0 Å². The summed E-state index contributed by atoms with van der Waals surface area (Å²) in [4.78, 5) is 12.0. The Hall–Kier alpha value is -2.33. The summed E-state index contributed by atoms with van der Waals surface area (Å²) in [6, 6.07) is 17.6. The van der Waals surface area contributed by atoms with Crippen LogP contribution in [0.1, 0.15) is 24.5 Å². The van der Waals surface area contributed by atoms with Gasteiger partial charge in [0.05, 0.1) is 13.2 Å². The third-order valence-electron chi connectivity index (χ3n) is 3.56. The highest BCUT2D eigenvalue weighted by molar-refractivity contribution is 5.76. The van der Waals surface area contributed by atoms with Crippen LogP contribution in [-0.4, -0.2) is 18.6 Å². The number of para-hydroxylation sites is 1. The number of anilines is 1. The van der Waals surface area contributed by atoms with E-state index in [9.17, 15) is 4.79 Å². The van der Waals surface area contributed by atoms with E-state index in [-0.39, 0.29) is 11.9 Å². The quantitative estimate of drug-likeness (QED) is 0.737. The molecule has 2 aromatic rings. The summed E-state index contributed by atoms with van der Waals surface area (Å²) in [6.07, 6.45) is 1.08. The van der Waals surface area contributed by atoms with Crippen molar-refractivity contribution in [3.05, 3.63) is 65.7 Å². The minimum absolute atomic E-state index is 0.0145. The fraction of sp³-hybridized carbons (Fsp3) is 0.316. The van der Waals surface area contributed by atoms with Crippen molar-refractivity contribution < 1.29 is 9.53 Å². The molecule has 0 radical (unpaired) electrons. The van der Waals surface area contributed by atoms with Crippen LogP contribution in [0.15, 0.2) is 54.6 Å². The number of aryl methyl sites for hydroxylation is 1. The van der Waals surface area contributed by atoms with E-state index in [4.69, 9.17) is 10.5 Å². The summed E-state index contributed by atoms with van der Waals surface area (Å²) < 4.78 is 5.63. The Bertz CT molecular complexity index is 614. The molecule has 1 amide bonds. The molecular weight excluding hydrogens is 288 g/mol. The standard InChI is InChI=1S/C19H24N2O2/c1-15(13-23-14-16-7-3-2-4-8-16)21-19(22)12-11-17-9-5-6-10-18(17)20/h2-10,15H,11-14,20H2,1H3,(H,21,22). The summed E-state index contributed by atoms with van der Waals surface area (Å²) in [5, 5.41) is 2.95. The summed E-state index contributed by atoms with van der Waals surface area (Å²) in [6.45, 7) is 3.00. The van der Waals surface area contributed by atoms with E-state index in [0.717, 1.165) is 16.8 Å². The highest BCUT2D eigenvalue weighted by Gasteiger charge is 2.08. The number of hydrogen-bond donors (Lipinski definition) is 2. The maximum atomic E-state index is 12.0. The van der Waals surface area contributed by atoms with E-state index >= 15 is 0 Å². The first-order valence-corrected chi connectivity index (χ1v) is 7.89. The molecule has 4 nitrogen and oxygen atoms in total. The number of ether oxygens (including phenoxy) is 1. The van der Waals surface area contributed by atoms with Crippen LogP contribution < -0.4 is 11.1 Å². The van der Waals surface area contributed by atoms with E-state index in [1.54, 1.807) is 0 Å². The van der Waals surface area contributed by atoms with E-state index in [1.165, 1.54) is 0 Å². The fourth-order valence-electron chi connectivity index (χ4n) is 2.33. The second-order valence-corrected chi connectivity index (χ2v) is 5.67. The molecular formula is C19H24N2O2. The highest BCUT2D eigenvalue weighted by atomic mass is 16.5. The average molecular weight is 312 g/mol. The molecule has 0 aliphatic rings. The second-order valence-electron chi connectivity index (χ2n) is 5.67. The molecule has 122 valence electrons. The normalized spacial score (nSPS) is 11.9. The van der Waals surface area contributed by atoms with Gasteiger partial charge in [-0.2, -0.15) is 0 Å². The van der Waals surface area contributed by atoms with Gasteiger partial charge in [-0.1, -0.05) is 48.5 Å². The van der Waals surface area contributed by atoms with Crippen LogP contribution in [0.25, 0.3) is 0 Å². The first kappa shape index (κ1) is 17.0. The Kier molecular flexibility index (Phi) is 6.63. The van der Waals surface area contributed by atoms with Crippen LogP contribution in [0.3, 0.4) is 0 Å². The van der Waals surface area contributed by atoms with Crippen molar-refractivity contribution in [3.8, 4) is 0 Å². The van der Waals surface area contributed by atoms with Crippen molar-refractivity contribution in [2.45, 2.75) is 32.4 Å². The predicted molar refractivity (Wildman–Crippen MR) is 92.9 cm³/mol. The average Bonchev–Trinajstić information content (AvgIpc) is 2.55. The number of rotatable bonds is 8. The molecule has 2 rings (SSSR count). The van der Waals surface area contributed by atoms with Gasteiger partial charge in [0.15, 0.2) is 0 Å². The Morgan fingerprint density at radius 1 is 1.13 bits per heavy atom. The predicted octanol–water partition coefficient (Wildman–Crippen LogP) is 2.92. The monoisotopic (exact) mass is 312 g/mol. The molecule has 1 atom stereocenters. The van der Waals surface area contributed by atoms with Crippen molar-refractivity contribution in [1.82, 2.24) is 5.32 Å². The molecule has 0 aliphatic carbocycles. The minimum atomic E-state index is -0.0145. The van der Waals surface area contributed by atoms with Crippen LogP contribution in [0.2, 0.25) is 0 Å². The molecule has 0 saturated heterocycles. The zero-order valence-electron chi connectivity index (χ0n) is 13.5. The van der Waals surface area contributed by atoms with E-state index < -0.39 is 0 Å². The third kappa shape index (κ3) is 6.12. The highest BCUT2D eigenvalue weighted by Crippen LogP contribution is 2.12. The first-order chi connectivity index (χ1) is 11.1. The van der Waals surface area contributed by atoms with E-state index in [2.05, 4.69) is 5.32 Å². The topological polar surface area (TPSA) is 64.3 Å². The number of hydrogen-bond acceptors (Lipinski definition) is 3. The maximum absolute atomic E-state index is 12.0. The lowest BCUT2D eigenvalue weighted by Gasteiger charge is -2.14. The Labute approximate surface area is 137 Å². The lowest BCUT2D eigenvalue weighted by molar-refractivity contribution is -0.122. The number of carbonyl (C=O) groups excluding carboxylic acids is 1. The SMILES string of the molecule is CC(COCc1ccccc1)NC(=O)CCc1ccccc1N. The largest absolute Gasteiger partial charge is 0.399 e. The molecule has 1 unspecified atom stereocenters. The number of nitrogen functional groups attached to an aromatic ring is 1. The number of nitrogens with one attached hydrogen (secondary N) is 1. The van der Waals surface area contributed by atoms with E-state index in [0.29, 0.717) is 26.1 Å². The van der Waals surface area contributed by atoms with Crippen molar-refractivity contribution in [1.29, 1.82) is 0 Å². The lowest BCUT2D eigenvalue weighted by Crippen LogP contribution is -2.36. The number of nitrogens with two attached hydrogens (primary N) is 1. The van der Waals surface area contributed by atoms with Gasteiger partial charge in [0.1, 0.15) is 0 Å². The Morgan fingerprint density at radius 2 is 1.83 bits per heavy atom. The van der Waals surface area contributed by atoms with Crippen molar-refractivity contribution in [2.24, 2.45) is 0 Å². The summed E-state index contributed by atoms with van der Waals surface area (Å²) in [7, 11) is 0. The summed E-state index contributed by atoms with van der Waals surface area (Å²) in [5.41, 5.74) is 8.75. The summed E-state index contributed by atoms with van der Waals surface area (Å²) in [5.74, 6) is 0.0177. The van der Waals surface area contributed by atoms with Crippen LogP contribution in [0.4, 0.5) is 5.69 Å². The molecule has 0 spiro atoms. The molecule has 0 heterocycles. The number of amides is 1. The van der Waals surface area contributed by atoms with Crippen LogP contribution in [-0.2, 0) is 22.6 Å². The van der Waals surface area contributed by atoms with Crippen molar-refractivity contribution in [2.75, 3.05) is 12.3 Å². The van der Waals surface area contributed by atoms with E-state index in [1.807, 2.05) is 61.5 Å². The number of benzene rings is 2. The zero-order chi connectivity index (χ0) is 16.5. The second kappa shape index (κ2) is 8.96. The molecule has 3 N–H and O–H groups in total. The Morgan fingerprint density at radius 3 is 2.57 bits per heavy atom. The fourth-order valence-corrected chi connectivity index (χ4v) is 2.33. The van der Waals surface area contributed by atoms with Crippen LogP contribution in [0.5, 0.6) is 0 Å². The van der Waals surface area contributed by atoms with Gasteiger partial charge < -0.3 is 15.8 Å². The van der Waals surface area contributed by atoms with Crippen LogP contribution >= 0.6 is 0 Å². The van der Waals surface area contributed by atoms with Gasteiger partial charge in [-0.05, 0) is 30.5 Å². The third-order valence-corrected chi connectivity index (χ3v) is 3.56. The molecule has 4 heteroatoms. The molecule has 2 aromatic carbocycles. The van der Waals surface area contributed by atoms with Gasteiger partial charge >= 0.3 is 0 Å². The molecule has 0 aliphatic heterocycles. The minimum Gasteiger partial charge on any atom is -0.399 e. The van der Waals surface area contributed by atoms with Gasteiger partial charge in [-0.3, -0.25) is 4.79 Å². The molecule has 0 bridgehead atoms. The van der Waals surface area contributed by atoms with Gasteiger partial charge in [0.25, 0.3) is 0 Å². The molecule has 23 heavy (non-hydrogen) atoms. The zero-order valence-corrected chi connectivity index (χ0v) is 13.5. The maximum Gasteiger partial charge on any atom is 0.220 e. The Balaban J connectivity index is 1.65. The van der Waals surface area contributed by atoms with Gasteiger partial charge in [0.2, 0.25) is 5.91 Å². The lowest BCUT2D eigenvalue weighted by atomic mass is 10.1. The van der Waals surface area contributed by atoms with Crippen molar-refractivity contribution >= 4 is 11.6 Å². The molecule has 0 aromatic heterocycles. The van der Waals surface area contributed by atoms with Crippen molar-refractivity contribution in [3.63, 3.8) is 0 Å². The first-order valence-electron chi connectivity index (χ1n) is 7.89. The van der Waals surface area contributed by atoms with Gasteiger partial charge in [-0.15, -0.1) is 0 Å². The molecule has 0 saturated carbocycles. The van der Waals surface area contributed by atoms with Gasteiger partial charge in [-0.25, -0.2) is 0 Å².